The Morgan fingerprint density at radius 1 is 0.881 bits per heavy atom. The molecule has 4 aromatic rings. The molecule has 3 amide bonds. The van der Waals surface area contributed by atoms with Crippen LogP contribution >= 0.6 is 0 Å². The molecule has 1 aliphatic rings. The van der Waals surface area contributed by atoms with Crippen LogP contribution in [0, 0.1) is 6.92 Å². The first-order valence-corrected chi connectivity index (χ1v) is 14.7. The van der Waals surface area contributed by atoms with Crippen LogP contribution in [0.3, 0.4) is 0 Å². The first-order valence-electron chi connectivity index (χ1n) is 14.7. The Morgan fingerprint density at radius 2 is 1.69 bits per heavy atom. The lowest BCUT2D eigenvalue weighted by Gasteiger charge is -2.22. The monoisotopic (exact) mass is 566 g/mol. The third-order valence-electron chi connectivity index (χ3n) is 7.76. The van der Waals surface area contributed by atoms with Crippen LogP contribution in [0.25, 0.3) is 10.9 Å². The van der Waals surface area contributed by atoms with Gasteiger partial charge in [-0.1, -0.05) is 55.3 Å². The molecule has 5 rings (SSSR count). The van der Waals surface area contributed by atoms with Gasteiger partial charge in [0.1, 0.15) is 11.3 Å². The molecule has 1 fully saturated rings. The number of imide groups is 1. The second-order valence-corrected chi connectivity index (χ2v) is 10.8. The van der Waals surface area contributed by atoms with Crippen molar-refractivity contribution in [2.45, 2.75) is 58.4 Å². The van der Waals surface area contributed by atoms with Crippen LogP contribution in [-0.2, 0) is 16.8 Å². The molecule has 0 saturated carbocycles. The summed E-state index contributed by atoms with van der Waals surface area (Å²) in [5.74, 6) is 1.13. The number of ether oxygens (including phenoxy) is 2. The van der Waals surface area contributed by atoms with Gasteiger partial charge in [-0.25, -0.2) is 9.78 Å². The minimum absolute atomic E-state index is 0.257. The summed E-state index contributed by atoms with van der Waals surface area (Å²) in [5.41, 5.74) is 3.88. The molecule has 3 heterocycles. The number of aromatic nitrogens is 2. The van der Waals surface area contributed by atoms with Crippen LogP contribution < -0.4 is 14.8 Å². The Bertz CT molecular complexity index is 1540. The zero-order valence-electron chi connectivity index (χ0n) is 24.6. The van der Waals surface area contributed by atoms with Crippen molar-refractivity contribution < 1.29 is 19.1 Å². The summed E-state index contributed by atoms with van der Waals surface area (Å²) >= 11 is 0. The quantitative estimate of drug-likeness (QED) is 0.150. The number of amides is 3. The number of para-hydroxylation sites is 1. The molecule has 0 spiro atoms. The summed E-state index contributed by atoms with van der Waals surface area (Å²) < 4.78 is 11.8. The van der Waals surface area contributed by atoms with E-state index in [1.54, 1.807) is 25.3 Å². The first-order chi connectivity index (χ1) is 20.4. The standard InChI is InChI=1S/C34H38N4O4/c1-4-41-29-18-17-27(23-35-29)34(3)32(39)38(33(40)37-34)19-10-5-6-11-20-42-31-26(21-25-14-8-7-9-15-25)22-36-30-24(2)13-12-16-28(30)31/h7-9,12-18,22-23H,4-6,10-11,19-21H2,1-3H3,(H,37,40). The van der Waals surface area contributed by atoms with E-state index in [0.29, 0.717) is 31.2 Å². The number of pyridine rings is 2. The summed E-state index contributed by atoms with van der Waals surface area (Å²) in [7, 11) is 0. The molecule has 42 heavy (non-hydrogen) atoms. The summed E-state index contributed by atoms with van der Waals surface area (Å²) in [4.78, 5) is 36.2. The van der Waals surface area contributed by atoms with E-state index in [4.69, 9.17) is 14.5 Å². The van der Waals surface area contributed by atoms with E-state index < -0.39 is 5.54 Å². The third-order valence-corrected chi connectivity index (χ3v) is 7.76. The molecule has 1 saturated heterocycles. The molecular formula is C34H38N4O4. The molecular weight excluding hydrogens is 528 g/mol. The van der Waals surface area contributed by atoms with Crippen molar-refractivity contribution in [2.24, 2.45) is 0 Å². The maximum atomic E-state index is 13.2. The molecule has 0 bridgehead atoms. The molecule has 2 aromatic heterocycles. The van der Waals surface area contributed by atoms with Gasteiger partial charge in [0, 0.05) is 47.9 Å². The Balaban J connectivity index is 1.13. The van der Waals surface area contributed by atoms with Crippen LogP contribution in [0.5, 0.6) is 11.6 Å². The van der Waals surface area contributed by atoms with Crippen LogP contribution in [-0.4, -0.2) is 46.6 Å². The van der Waals surface area contributed by atoms with Gasteiger partial charge in [0.25, 0.3) is 5.91 Å². The number of urea groups is 1. The van der Waals surface area contributed by atoms with Crippen molar-refractivity contribution in [3.05, 3.63) is 95.3 Å². The van der Waals surface area contributed by atoms with Gasteiger partial charge in [0.15, 0.2) is 0 Å². The largest absolute Gasteiger partial charge is 0.493 e. The van der Waals surface area contributed by atoms with Crippen LogP contribution in [0.1, 0.15) is 61.8 Å². The number of fused-ring (bicyclic) bond motifs is 1. The lowest BCUT2D eigenvalue weighted by atomic mass is 9.93. The number of unbranched alkanes of at least 4 members (excludes halogenated alkanes) is 3. The number of nitrogens with one attached hydrogen (secondary N) is 1. The summed E-state index contributed by atoms with van der Waals surface area (Å²) in [6, 6.07) is 19.7. The Hall–Kier alpha value is -4.46. The minimum atomic E-state index is -1.13. The van der Waals surface area contributed by atoms with Crippen molar-refractivity contribution in [3.63, 3.8) is 0 Å². The second-order valence-electron chi connectivity index (χ2n) is 10.8. The fraction of sp³-hybridized carbons (Fsp3) is 0.353. The van der Waals surface area contributed by atoms with Gasteiger partial charge in [-0.15, -0.1) is 0 Å². The van der Waals surface area contributed by atoms with Gasteiger partial charge in [0.05, 0.1) is 18.7 Å². The molecule has 0 radical (unpaired) electrons. The topological polar surface area (TPSA) is 93.6 Å². The number of benzene rings is 2. The average Bonchev–Trinajstić information content (AvgIpc) is 3.22. The normalized spacial score (nSPS) is 16.6. The first kappa shape index (κ1) is 29.0. The van der Waals surface area contributed by atoms with Gasteiger partial charge in [-0.2, -0.15) is 0 Å². The zero-order chi connectivity index (χ0) is 29.5. The summed E-state index contributed by atoms with van der Waals surface area (Å²) in [6.45, 7) is 7.14. The van der Waals surface area contributed by atoms with E-state index in [2.05, 4.69) is 41.5 Å². The highest BCUT2D eigenvalue weighted by molar-refractivity contribution is 6.07. The predicted octanol–water partition coefficient (Wildman–Crippen LogP) is 6.33. The van der Waals surface area contributed by atoms with Crippen molar-refractivity contribution in [2.75, 3.05) is 19.8 Å². The number of carbonyl (C=O) groups excluding carboxylic acids is 2. The van der Waals surface area contributed by atoms with Crippen LogP contribution in [0.2, 0.25) is 0 Å². The van der Waals surface area contributed by atoms with Crippen molar-refractivity contribution >= 4 is 22.8 Å². The highest BCUT2D eigenvalue weighted by Gasteiger charge is 2.48. The molecule has 2 aromatic carbocycles. The van der Waals surface area contributed by atoms with E-state index in [9.17, 15) is 9.59 Å². The smallest absolute Gasteiger partial charge is 0.325 e. The van der Waals surface area contributed by atoms with E-state index in [1.165, 1.54) is 10.5 Å². The Labute approximate surface area is 247 Å². The fourth-order valence-corrected chi connectivity index (χ4v) is 5.40. The maximum absolute atomic E-state index is 13.2. The number of hydrogen-bond donors (Lipinski definition) is 1. The van der Waals surface area contributed by atoms with Crippen LogP contribution in [0.4, 0.5) is 4.79 Å². The molecule has 8 nitrogen and oxygen atoms in total. The fourth-order valence-electron chi connectivity index (χ4n) is 5.40. The van der Waals surface area contributed by atoms with Gasteiger partial charge in [-0.3, -0.25) is 14.7 Å². The Kier molecular flexibility index (Phi) is 9.00. The van der Waals surface area contributed by atoms with Gasteiger partial charge >= 0.3 is 6.03 Å². The lowest BCUT2D eigenvalue weighted by molar-refractivity contribution is -0.131. The van der Waals surface area contributed by atoms with E-state index in [1.807, 2.05) is 37.4 Å². The number of rotatable bonds is 13. The molecule has 1 unspecified atom stereocenters. The Morgan fingerprint density at radius 3 is 2.45 bits per heavy atom. The lowest BCUT2D eigenvalue weighted by Crippen LogP contribution is -2.41. The van der Waals surface area contributed by atoms with Gasteiger partial charge in [0.2, 0.25) is 5.88 Å². The average molecular weight is 567 g/mol. The van der Waals surface area contributed by atoms with E-state index >= 15 is 0 Å². The highest BCUT2D eigenvalue weighted by atomic mass is 16.5. The van der Waals surface area contributed by atoms with E-state index in [0.717, 1.165) is 59.9 Å². The van der Waals surface area contributed by atoms with Gasteiger partial charge < -0.3 is 14.8 Å². The summed E-state index contributed by atoms with van der Waals surface area (Å²) in [6.07, 6.45) is 7.70. The van der Waals surface area contributed by atoms with Gasteiger partial charge in [-0.05, 0) is 56.9 Å². The van der Waals surface area contributed by atoms with Crippen molar-refractivity contribution in [3.8, 4) is 11.6 Å². The number of nitrogens with zero attached hydrogens (tertiary/aromatic N) is 3. The van der Waals surface area contributed by atoms with Crippen LogP contribution in [0.15, 0.2) is 73.1 Å². The number of hydrogen-bond acceptors (Lipinski definition) is 6. The highest BCUT2D eigenvalue weighted by Crippen LogP contribution is 2.32. The van der Waals surface area contributed by atoms with Crippen molar-refractivity contribution in [1.82, 2.24) is 20.2 Å². The number of aryl methyl sites for hydroxylation is 1. The molecule has 8 heteroatoms. The molecule has 1 aliphatic heterocycles. The summed E-state index contributed by atoms with van der Waals surface area (Å²) in [5, 5.41) is 3.88. The SMILES string of the molecule is CCOc1ccc(C2(C)NC(=O)N(CCCCCCOc3c(Cc4ccccc4)cnc4c(C)cccc34)C2=O)cn1. The molecule has 1 N–H and O–H groups in total. The molecule has 0 aliphatic carbocycles. The molecule has 1 atom stereocenters. The maximum Gasteiger partial charge on any atom is 0.325 e. The van der Waals surface area contributed by atoms with E-state index in [-0.39, 0.29) is 11.9 Å². The zero-order valence-corrected chi connectivity index (χ0v) is 24.6. The second kappa shape index (κ2) is 13.0. The predicted molar refractivity (Wildman–Crippen MR) is 163 cm³/mol. The third kappa shape index (κ3) is 6.22. The number of carbonyl (C=O) groups is 2. The minimum Gasteiger partial charge on any atom is -0.493 e. The van der Waals surface area contributed by atoms with Crippen molar-refractivity contribution in [1.29, 1.82) is 0 Å². The molecule has 218 valence electrons.